The Labute approximate surface area is 107 Å². The van der Waals surface area contributed by atoms with Crippen LogP contribution in [-0.4, -0.2) is 15.8 Å². The maximum Gasteiger partial charge on any atom is 0.228 e. The van der Waals surface area contributed by atoms with Crippen molar-refractivity contribution in [2.75, 3.05) is 0 Å². The van der Waals surface area contributed by atoms with Crippen LogP contribution in [-0.2, 0) is 0 Å². The lowest BCUT2D eigenvalue weighted by Gasteiger charge is -1.98. The molecule has 0 aliphatic carbocycles. The number of fused-ring (bicyclic) bond motifs is 1. The summed E-state index contributed by atoms with van der Waals surface area (Å²) in [7, 11) is 0. The normalized spacial score (nSPS) is 11.9. The van der Waals surface area contributed by atoms with E-state index in [-0.39, 0.29) is 5.84 Å². The van der Waals surface area contributed by atoms with Crippen LogP contribution < -0.4 is 5.84 Å². The van der Waals surface area contributed by atoms with E-state index in [9.17, 15) is 0 Å². The first kappa shape index (κ1) is 11.1. The summed E-state index contributed by atoms with van der Waals surface area (Å²) < 4.78 is 5.34. The maximum absolute atomic E-state index is 7.14. The molecule has 0 bridgehead atoms. The lowest BCUT2D eigenvalue weighted by Crippen LogP contribution is -2.02. The van der Waals surface area contributed by atoms with E-state index in [1.54, 1.807) is 6.20 Å². The molecule has 0 aliphatic rings. The first-order chi connectivity index (χ1) is 9.35. The zero-order valence-corrected chi connectivity index (χ0v) is 9.79. The van der Waals surface area contributed by atoms with Gasteiger partial charge < -0.3 is 15.2 Å². The average molecular weight is 254 g/mol. The summed E-state index contributed by atoms with van der Waals surface area (Å²) in [5.74, 6) is 5.78. The number of para-hydroxylation sites is 1. The molecule has 94 valence electrons. The second-order valence-corrected chi connectivity index (χ2v) is 3.82. The van der Waals surface area contributed by atoms with E-state index in [1.165, 1.54) is 6.26 Å². The van der Waals surface area contributed by atoms with Crippen LogP contribution in [0.25, 0.3) is 22.4 Å². The number of hydrazone groups is 1. The van der Waals surface area contributed by atoms with Gasteiger partial charge in [-0.2, -0.15) is 5.10 Å². The van der Waals surface area contributed by atoms with Crippen molar-refractivity contribution >= 4 is 16.7 Å². The van der Waals surface area contributed by atoms with Crippen LogP contribution in [0.4, 0.5) is 0 Å². The number of amidine groups is 1. The molecular weight excluding hydrogens is 244 g/mol. The van der Waals surface area contributed by atoms with Gasteiger partial charge in [-0.05, 0) is 6.07 Å². The molecule has 0 atom stereocenters. The molecule has 4 N–H and O–H groups in total. The molecule has 0 saturated heterocycles. The van der Waals surface area contributed by atoms with Gasteiger partial charge in [0.05, 0.1) is 11.8 Å². The number of oxazole rings is 1. The van der Waals surface area contributed by atoms with E-state index in [0.29, 0.717) is 17.1 Å². The van der Waals surface area contributed by atoms with Crippen LogP contribution in [0.5, 0.6) is 0 Å². The van der Waals surface area contributed by atoms with Gasteiger partial charge >= 0.3 is 0 Å². The van der Waals surface area contributed by atoms with Crippen LogP contribution in [0.15, 0.2) is 51.4 Å². The van der Waals surface area contributed by atoms with Crippen LogP contribution >= 0.6 is 0 Å². The zero-order chi connectivity index (χ0) is 13.2. The lowest BCUT2D eigenvalue weighted by molar-refractivity contribution is 0.575. The molecule has 0 amide bonds. The molecule has 0 unspecified atom stereocenters. The Hall–Kier alpha value is -2.96. The van der Waals surface area contributed by atoms with E-state index >= 15 is 0 Å². The van der Waals surface area contributed by atoms with Gasteiger partial charge in [-0.1, -0.05) is 18.2 Å². The third-order valence-corrected chi connectivity index (χ3v) is 2.80. The van der Waals surface area contributed by atoms with Crippen LogP contribution in [0, 0.1) is 5.53 Å². The van der Waals surface area contributed by atoms with Crippen molar-refractivity contribution in [3.63, 3.8) is 0 Å². The number of hydrogen-bond donors (Lipinski definition) is 3. The molecule has 0 spiro atoms. The molecule has 7 heteroatoms. The van der Waals surface area contributed by atoms with Crippen molar-refractivity contribution in [2.45, 2.75) is 0 Å². The van der Waals surface area contributed by atoms with Gasteiger partial charge in [0, 0.05) is 10.9 Å². The highest BCUT2D eigenvalue weighted by molar-refractivity contribution is 6.10. The van der Waals surface area contributed by atoms with Gasteiger partial charge in [0.1, 0.15) is 12.0 Å². The number of hydrogen-bond acceptors (Lipinski definition) is 5. The number of aromatic amines is 1. The van der Waals surface area contributed by atoms with Gasteiger partial charge in [0.25, 0.3) is 0 Å². The number of aromatic nitrogens is 2. The molecule has 2 heterocycles. The van der Waals surface area contributed by atoms with Crippen LogP contribution in [0.3, 0.4) is 0 Å². The first-order valence-electron chi connectivity index (χ1n) is 5.51. The van der Waals surface area contributed by atoms with Gasteiger partial charge in [-0.15, -0.1) is 5.11 Å². The Morgan fingerprint density at radius 2 is 2.21 bits per heavy atom. The third kappa shape index (κ3) is 1.68. The maximum atomic E-state index is 7.14. The van der Waals surface area contributed by atoms with Gasteiger partial charge in [-0.25, -0.2) is 10.5 Å². The molecule has 19 heavy (non-hydrogen) atoms. The number of nitrogens with two attached hydrogens (primary N) is 1. The highest BCUT2D eigenvalue weighted by Crippen LogP contribution is 2.31. The van der Waals surface area contributed by atoms with Gasteiger partial charge in [0.15, 0.2) is 0 Å². The lowest BCUT2D eigenvalue weighted by atomic mass is 10.1. The van der Waals surface area contributed by atoms with E-state index in [0.717, 1.165) is 10.9 Å². The number of benzene rings is 1. The third-order valence-electron chi connectivity index (χ3n) is 2.80. The van der Waals surface area contributed by atoms with Crippen molar-refractivity contribution in [3.8, 4) is 11.5 Å². The minimum atomic E-state index is 0.0874. The Kier molecular flexibility index (Phi) is 2.57. The fourth-order valence-electron chi connectivity index (χ4n) is 2.03. The van der Waals surface area contributed by atoms with E-state index in [4.69, 9.17) is 15.8 Å². The molecule has 2 aromatic heterocycles. The van der Waals surface area contributed by atoms with Crippen molar-refractivity contribution < 1.29 is 4.42 Å². The topological polar surface area (TPSA) is 116 Å². The molecule has 7 nitrogen and oxygen atoms in total. The SMILES string of the molecule is N=N/C(=N\N)c1[nH]c2ccccc2c1-c1ncco1. The average Bonchev–Trinajstić information content (AvgIpc) is 3.06. The molecule has 0 aliphatic heterocycles. The van der Waals surface area contributed by atoms with Crippen LogP contribution in [0.1, 0.15) is 5.69 Å². The summed E-state index contributed by atoms with van der Waals surface area (Å²) in [5, 5.41) is 7.73. The number of rotatable bonds is 2. The summed E-state index contributed by atoms with van der Waals surface area (Å²) in [6.45, 7) is 0. The number of H-pyrrole nitrogens is 1. The minimum absolute atomic E-state index is 0.0874. The fraction of sp³-hybridized carbons (Fsp3) is 0. The highest BCUT2D eigenvalue weighted by atomic mass is 16.3. The predicted molar refractivity (Wildman–Crippen MR) is 69.7 cm³/mol. The van der Waals surface area contributed by atoms with E-state index < -0.39 is 0 Å². The highest BCUT2D eigenvalue weighted by Gasteiger charge is 2.20. The van der Waals surface area contributed by atoms with E-state index in [2.05, 4.69) is 20.2 Å². The Morgan fingerprint density at radius 3 is 2.89 bits per heavy atom. The monoisotopic (exact) mass is 254 g/mol. The molecule has 3 aromatic rings. The van der Waals surface area contributed by atoms with Crippen molar-refractivity contribution in [3.05, 3.63) is 42.4 Å². The fourth-order valence-corrected chi connectivity index (χ4v) is 2.03. The smallest absolute Gasteiger partial charge is 0.228 e. The summed E-state index contributed by atoms with van der Waals surface area (Å²) in [5.41, 5.74) is 9.22. The quantitative estimate of drug-likeness (QED) is 0.214. The predicted octanol–water partition coefficient (Wildman–Crippen LogP) is 2.47. The Bertz CT molecular complexity index is 756. The van der Waals surface area contributed by atoms with Crippen molar-refractivity contribution in [2.24, 2.45) is 16.1 Å². The minimum Gasteiger partial charge on any atom is -0.444 e. The summed E-state index contributed by atoms with van der Waals surface area (Å²) in [6.07, 6.45) is 3.04. The van der Waals surface area contributed by atoms with Gasteiger partial charge in [-0.3, -0.25) is 0 Å². The molecule has 0 saturated carbocycles. The van der Waals surface area contributed by atoms with Crippen molar-refractivity contribution in [1.29, 1.82) is 5.53 Å². The summed E-state index contributed by atoms with van der Waals surface area (Å²) >= 11 is 0. The Morgan fingerprint density at radius 1 is 1.37 bits per heavy atom. The van der Waals surface area contributed by atoms with E-state index in [1.807, 2.05) is 24.3 Å². The van der Waals surface area contributed by atoms with Crippen molar-refractivity contribution in [1.82, 2.24) is 9.97 Å². The largest absolute Gasteiger partial charge is 0.444 e. The second kappa shape index (κ2) is 4.37. The molecule has 0 fully saturated rings. The number of nitrogens with zero attached hydrogens (tertiary/aromatic N) is 3. The molecular formula is C12H10N6O. The van der Waals surface area contributed by atoms with Crippen LogP contribution in [0.2, 0.25) is 0 Å². The standard InChI is InChI=1S/C12H10N6O/c13-17-11(18-14)10-9(12-15-5-6-19-12)7-3-1-2-4-8(7)16-10/h1-6,13,16H,14H2/b17-13?,18-11-. The zero-order valence-electron chi connectivity index (χ0n) is 9.79. The number of nitrogens with one attached hydrogen (secondary N) is 2. The van der Waals surface area contributed by atoms with Gasteiger partial charge in [0.2, 0.25) is 11.7 Å². The summed E-state index contributed by atoms with van der Waals surface area (Å²) in [4.78, 5) is 7.26. The Balaban J connectivity index is 2.38. The molecule has 3 rings (SSSR count). The second-order valence-electron chi connectivity index (χ2n) is 3.82. The molecule has 0 radical (unpaired) electrons. The molecule has 1 aromatic carbocycles. The first-order valence-corrected chi connectivity index (χ1v) is 5.51. The summed E-state index contributed by atoms with van der Waals surface area (Å²) in [6, 6.07) is 7.64.